The molecule has 0 spiro atoms. The number of hydrogen-bond acceptors (Lipinski definition) is 1. The predicted molar refractivity (Wildman–Crippen MR) is 74.6 cm³/mol. The monoisotopic (exact) mass is 342 g/mol. The normalized spacial score (nSPS) is 10.3. The van der Waals surface area contributed by atoms with Crippen LogP contribution in [0.25, 0.3) is 0 Å². The van der Waals surface area contributed by atoms with Gasteiger partial charge in [-0.15, -0.1) is 0 Å². The first-order chi connectivity index (χ1) is 8.15. The molecule has 0 aliphatic rings. The van der Waals surface area contributed by atoms with Gasteiger partial charge >= 0.3 is 0 Å². The van der Waals surface area contributed by atoms with Crippen molar-refractivity contribution < 1.29 is 9.13 Å². The molecule has 0 saturated heterocycles. The molecule has 0 amide bonds. The van der Waals surface area contributed by atoms with Crippen molar-refractivity contribution in [2.24, 2.45) is 0 Å². The Labute approximate surface area is 114 Å². The van der Waals surface area contributed by atoms with Crippen LogP contribution in [0.2, 0.25) is 0 Å². The number of rotatable bonds is 3. The van der Waals surface area contributed by atoms with E-state index in [1.54, 1.807) is 12.1 Å². The zero-order chi connectivity index (χ0) is 12.3. The van der Waals surface area contributed by atoms with Gasteiger partial charge in [-0.2, -0.15) is 0 Å². The van der Waals surface area contributed by atoms with Crippen LogP contribution in [0, 0.1) is 16.3 Å². The maximum atomic E-state index is 13.4. The fourth-order valence-electron chi connectivity index (χ4n) is 1.46. The Morgan fingerprint density at radius 3 is 2.53 bits per heavy atom. The minimum absolute atomic E-state index is 0.309. The molecule has 17 heavy (non-hydrogen) atoms. The summed E-state index contributed by atoms with van der Waals surface area (Å²) in [4.78, 5) is 0. The summed E-state index contributed by atoms with van der Waals surface area (Å²) in [6.07, 6.45) is 0. The van der Waals surface area contributed by atoms with Gasteiger partial charge in [0.2, 0.25) is 0 Å². The van der Waals surface area contributed by atoms with Crippen LogP contribution in [0.3, 0.4) is 0 Å². The second-order valence-corrected chi connectivity index (χ2v) is 5.09. The highest BCUT2D eigenvalue weighted by Crippen LogP contribution is 2.19. The van der Waals surface area contributed by atoms with Gasteiger partial charge in [-0.1, -0.05) is 18.2 Å². The van der Waals surface area contributed by atoms with Gasteiger partial charge in [0.05, 0.1) is 0 Å². The van der Waals surface area contributed by atoms with E-state index in [4.69, 9.17) is 4.74 Å². The number of halogens is 2. The lowest BCUT2D eigenvalue weighted by molar-refractivity contribution is 0.290. The van der Waals surface area contributed by atoms with Crippen LogP contribution in [0.4, 0.5) is 4.39 Å². The second-order valence-electron chi connectivity index (χ2n) is 3.85. The first-order valence-electron chi connectivity index (χ1n) is 5.28. The average Bonchev–Trinajstić information content (AvgIpc) is 2.32. The number of ether oxygens (including phenoxy) is 1. The molecule has 0 saturated carbocycles. The van der Waals surface area contributed by atoms with E-state index >= 15 is 0 Å². The van der Waals surface area contributed by atoms with E-state index < -0.39 is 0 Å². The first kappa shape index (κ1) is 12.4. The lowest BCUT2D eigenvalue weighted by Crippen LogP contribution is -1.97. The number of benzene rings is 2. The van der Waals surface area contributed by atoms with E-state index in [0.717, 1.165) is 11.1 Å². The Bertz CT molecular complexity index is 508. The predicted octanol–water partition coefficient (Wildman–Crippen LogP) is 4.32. The molecular weight excluding hydrogens is 330 g/mol. The lowest BCUT2D eigenvalue weighted by Gasteiger charge is -2.08. The molecule has 2 aromatic rings. The topological polar surface area (TPSA) is 9.23 Å². The highest BCUT2D eigenvalue weighted by atomic mass is 127. The van der Waals surface area contributed by atoms with Gasteiger partial charge in [0, 0.05) is 3.57 Å². The summed E-state index contributed by atoms with van der Waals surface area (Å²) in [5, 5.41) is 0. The molecule has 0 aliphatic carbocycles. The summed E-state index contributed by atoms with van der Waals surface area (Å²) < 4.78 is 20.1. The average molecular weight is 342 g/mol. The molecule has 0 bridgehead atoms. The molecular formula is C14H12FIO. The smallest absolute Gasteiger partial charge is 0.165 e. The Hall–Kier alpha value is -1.10. The van der Waals surface area contributed by atoms with Crippen LogP contribution in [0.5, 0.6) is 5.75 Å². The van der Waals surface area contributed by atoms with E-state index in [1.807, 2.05) is 31.2 Å². The van der Waals surface area contributed by atoms with Gasteiger partial charge in [-0.25, -0.2) is 4.39 Å². The summed E-state index contributed by atoms with van der Waals surface area (Å²) in [6, 6.07) is 12.8. The molecule has 0 unspecified atom stereocenters. The van der Waals surface area contributed by atoms with Crippen molar-refractivity contribution >= 4 is 22.6 Å². The molecule has 0 fully saturated rings. The van der Waals surface area contributed by atoms with Crippen molar-refractivity contribution in [1.82, 2.24) is 0 Å². The maximum absolute atomic E-state index is 13.4. The van der Waals surface area contributed by atoms with Gasteiger partial charge in [0.15, 0.2) is 11.6 Å². The lowest BCUT2D eigenvalue weighted by atomic mass is 10.2. The molecule has 3 heteroatoms. The van der Waals surface area contributed by atoms with Crippen molar-refractivity contribution in [2.45, 2.75) is 13.5 Å². The maximum Gasteiger partial charge on any atom is 0.165 e. The second kappa shape index (κ2) is 5.49. The number of aryl methyl sites for hydroxylation is 1. The summed E-state index contributed by atoms with van der Waals surface area (Å²) in [5.41, 5.74) is 2.02. The molecule has 0 atom stereocenters. The van der Waals surface area contributed by atoms with Crippen LogP contribution >= 0.6 is 22.6 Å². The highest BCUT2D eigenvalue weighted by Gasteiger charge is 2.03. The van der Waals surface area contributed by atoms with E-state index in [-0.39, 0.29) is 5.82 Å². The van der Waals surface area contributed by atoms with Crippen LogP contribution in [-0.2, 0) is 6.61 Å². The molecule has 0 aromatic heterocycles. The van der Waals surface area contributed by atoms with Crippen molar-refractivity contribution in [3.63, 3.8) is 0 Å². The summed E-state index contributed by atoms with van der Waals surface area (Å²) in [6.45, 7) is 2.30. The van der Waals surface area contributed by atoms with Crippen molar-refractivity contribution in [1.29, 1.82) is 0 Å². The van der Waals surface area contributed by atoms with Crippen molar-refractivity contribution in [3.8, 4) is 5.75 Å². The third kappa shape index (κ3) is 3.43. The molecule has 88 valence electrons. The molecule has 0 heterocycles. The summed E-state index contributed by atoms with van der Waals surface area (Å²) in [7, 11) is 0. The highest BCUT2D eigenvalue weighted by molar-refractivity contribution is 14.1. The van der Waals surface area contributed by atoms with E-state index in [0.29, 0.717) is 12.4 Å². The fraction of sp³-hybridized carbons (Fsp3) is 0.143. The van der Waals surface area contributed by atoms with Crippen LogP contribution in [0.15, 0.2) is 42.5 Å². The van der Waals surface area contributed by atoms with Gasteiger partial charge in [0.1, 0.15) is 6.61 Å². The van der Waals surface area contributed by atoms with E-state index in [2.05, 4.69) is 22.6 Å². The van der Waals surface area contributed by atoms with E-state index in [9.17, 15) is 4.39 Å². The molecule has 2 rings (SSSR count). The summed E-state index contributed by atoms with van der Waals surface area (Å²) >= 11 is 2.25. The zero-order valence-electron chi connectivity index (χ0n) is 9.41. The standard InChI is InChI=1S/C14H12FIO/c1-10-2-7-13(15)14(8-10)17-9-11-3-5-12(16)6-4-11/h2-8H,9H2,1H3. The molecule has 0 radical (unpaired) electrons. The molecule has 0 aliphatic heterocycles. The fourth-order valence-corrected chi connectivity index (χ4v) is 1.82. The van der Waals surface area contributed by atoms with Crippen LogP contribution in [0.1, 0.15) is 11.1 Å². The quantitative estimate of drug-likeness (QED) is 0.755. The van der Waals surface area contributed by atoms with Crippen LogP contribution in [-0.4, -0.2) is 0 Å². The minimum Gasteiger partial charge on any atom is -0.486 e. The number of hydrogen-bond donors (Lipinski definition) is 0. The van der Waals surface area contributed by atoms with Crippen molar-refractivity contribution in [2.75, 3.05) is 0 Å². The Balaban J connectivity index is 2.07. The Kier molecular flexibility index (Phi) is 3.99. The third-order valence-corrected chi connectivity index (χ3v) is 3.11. The van der Waals surface area contributed by atoms with Gasteiger partial charge in [-0.05, 0) is 64.9 Å². The third-order valence-electron chi connectivity index (χ3n) is 2.39. The molecule has 0 N–H and O–H groups in total. The Morgan fingerprint density at radius 1 is 1.12 bits per heavy atom. The first-order valence-corrected chi connectivity index (χ1v) is 6.36. The Morgan fingerprint density at radius 2 is 1.82 bits per heavy atom. The van der Waals surface area contributed by atoms with Gasteiger partial charge < -0.3 is 4.74 Å². The van der Waals surface area contributed by atoms with Gasteiger partial charge in [-0.3, -0.25) is 0 Å². The van der Waals surface area contributed by atoms with Gasteiger partial charge in [0.25, 0.3) is 0 Å². The molecule has 1 nitrogen and oxygen atoms in total. The summed E-state index contributed by atoms with van der Waals surface area (Å²) in [5.74, 6) is -0.00957. The van der Waals surface area contributed by atoms with Crippen LogP contribution < -0.4 is 4.74 Å². The van der Waals surface area contributed by atoms with E-state index in [1.165, 1.54) is 9.64 Å². The zero-order valence-corrected chi connectivity index (χ0v) is 11.6. The van der Waals surface area contributed by atoms with Crippen molar-refractivity contribution in [3.05, 3.63) is 63.0 Å². The molecule has 2 aromatic carbocycles. The minimum atomic E-state index is -0.318. The largest absolute Gasteiger partial charge is 0.486 e. The SMILES string of the molecule is Cc1ccc(F)c(OCc2ccc(I)cc2)c1.